The van der Waals surface area contributed by atoms with Crippen LogP contribution in [0, 0.1) is 6.92 Å². The van der Waals surface area contributed by atoms with E-state index in [1.807, 2.05) is 38.1 Å². The lowest BCUT2D eigenvalue weighted by Gasteiger charge is -2.30. The molecule has 0 fully saturated rings. The standard InChI is InChI=1S/C26H35Cl2N3O4S/c1-5-6-15-29-26(33)20(3)30(18-21-11-8-7-10-19(21)2)25(32)12-9-16-31(36(4,34)35)24-17-22(27)13-14-23(24)28/h7-8,10-11,13-14,17,20H,5-6,9,12,15-16,18H2,1-4H3,(H,29,33). The zero-order chi connectivity index (χ0) is 26.9. The molecular formula is C26H35Cl2N3O4S. The summed E-state index contributed by atoms with van der Waals surface area (Å²) in [7, 11) is -3.67. The van der Waals surface area contributed by atoms with Gasteiger partial charge in [-0.1, -0.05) is 60.8 Å². The van der Waals surface area contributed by atoms with E-state index in [1.165, 1.54) is 12.1 Å². The molecule has 10 heteroatoms. The minimum atomic E-state index is -3.67. The fraction of sp³-hybridized carbons (Fsp3) is 0.462. The lowest BCUT2D eigenvalue weighted by atomic mass is 10.1. The molecule has 0 saturated heterocycles. The summed E-state index contributed by atoms with van der Waals surface area (Å²) in [5.74, 6) is -0.448. The Kier molecular flexibility index (Phi) is 11.5. The molecule has 0 spiro atoms. The molecular weight excluding hydrogens is 521 g/mol. The van der Waals surface area contributed by atoms with Crippen molar-refractivity contribution in [1.82, 2.24) is 10.2 Å². The van der Waals surface area contributed by atoms with Crippen molar-refractivity contribution in [3.63, 3.8) is 0 Å². The van der Waals surface area contributed by atoms with Crippen molar-refractivity contribution in [3.8, 4) is 0 Å². The fourth-order valence-corrected chi connectivity index (χ4v) is 5.15. The Balaban J connectivity index is 2.19. The van der Waals surface area contributed by atoms with Crippen LogP contribution in [0.4, 0.5) is 5.69 Å². The van der Waals surface area contributed by atoms with E-state index in [0.29, 0.717) is 11.6 Å². The van der Waals surface area contributed by atoms with Crippen LogP contribution in [0.1, 0.15) is 50.7 Å². The molecule has 36 heavy (non-hydrogen) atoms. The highest BCUT2D eigenvalue weighted by molar-refractivity contribution is 7.92. The van der Waals surface area contributed by atoms with Crippen LogP contribution in [0.3, 0.4) is 0 Å². The SMILES string of the molecule is CCCCNC(=O)C(C)N(Cc1ccccc1C)C(=O)CCCN(c1cc(Cl)ccc1Cl)S(C)(=O)=O. The van der Waals surface area contributed by atoms with Crippen molar-refractivity contribution < 1.29 is 18.0 Å². The van der Waals surface area contributed by atoms with Crippen molar-refractivity contribution in [3.05, 3.63) is 63.6 Å². The Bertz CT molecular complexity index is 1160. The number of aryl methyl sites for hydroxylation is 1. The number of hydrogen-bond donors (Lipinski definition) is 1. The van der Waals surface area contributed by atoms with E-state index in [9.17, 15) is 18.0 Å². The topological polar surface area (TPSA) is 86.8 Å². The number of nitrogens with zero attached hydrogens (tertiary/aromatic N) is 2. The molecule has 0 aromatic heterocycles. The van der Waals surface area contributed by atoms with Crippen LogP contribution in [-0.2, 0) is 26.2 Å². The van der Waals surface area contributed by atoms with Crippen molar-refractivity contribution in [2.75, 3.05) is 23.7 Å². The normalized spacial score (nSPS) is 12.2. The van der Waals surface area contributed by atoms with Gasteiger partial charge in [0.15, 0.2) is 0 Å². The van der Waals surface area contributed by atoms with E-state index in [0.717, 1.165) is 34.5 Å². The van der Waals surface area contributed by atoms with Gasteiger partial charge in [0.05, 0.1) is 17.0 Å². The van der Waals surface area contributed by atoms with Gasteiger partial charge in [-0.25, -0.2) is 8.42 Å². The van der Waals surface area contributed by atoms with Gasteiger partial charge in [0.1, 0.15) is 6.04 Å². The van der Waals surface area contributed by atoms with E-state index >= 15 is 0 Å². The Morgan fingerprint density at radius 1 is 1.08 bits per heavy atom. The molecule has 0 aliphatic carbocycles. The summed E-state index contributed by atoms with van der Waals surface area (Å²) in [6.45, 7) is 6.59. The fourth-order valence-electron chi connectivity index (χ4n) is 3.75. The highest BCUT2D eigenvalue weighted by atomic mass is 35.5. The molecule has 2 rings (SSSR count). The number of nitrogens with one attached hydrogen (secondary N) is 1. The van der Waals surface area contributed by atoms with E-state index in [4.69, 9.17) is 23.2 Å². The molecule has 1 N–H and O–H groups in total. The molecule has 198 valence electrons. The summed E-state index contributed by atoms with van der Waals surface area (Å²) in [5, 5.41) is 3.50. The number of amides is 2. The second-order valence-corrected chi connectivity index (χ2v) is 11.6. The van der Waals surface area contributed by atoms with Crippen LogP contribution in [-0.4, -0.2) is 50.5 Å². The second kappa shape index (κ2) is 13.9. The first-order valence-corrected chi connectivity index (χ1v) is 14.6. The van der Waals surface area contributed by atoms with Crippen molar-refractivity contribution in [2.45, 2.75) is 59.0 Å². The van der Waals surface area contributed by atoms with Gasteiger partial charge in [0.2, 0.25) is 21.8 Å². The number of rotatable bonds is 13. The molecule has 0 radical (unpaired) electrons. The average Bonchev–Trinajstić information content (AvgIpc) is 2.81. The first kappa shape index (κ1) is 29.9. The van der Waals surface area contributed by atoms with Gasteiger partial charge in [-0.2, -0.15) is 0 Å². The molecule has 1 unspecified atom stereocenters. The van der Waals surface area contributed by atoms with Gasteiger partial charge in [-0.15, -0.1) is 0 Å². The monoisotopic (exact) mass is 555 g/mol. The van der Waals surface area contributed by atoms with Gasteiger partial charge in [-0.05, 0) is 56.0 Å². The minimum absolute atomic E-state index is 0.0416. The molecule has 7 nitrogen and oxygen atoms in total. The maximum absolute atomic E-state index is 13.4. The highest BCUT2D eigenvalue weighted by Gasteiger charge is 2.27. The average molecular weight is 557 g/mol. The Morgan fingerprint density at radius 2 is 1.78 bits per heavy atom. The van der Waals surface area contributed by atoms with Gasteiger partial charge in [-0.3, -0.25) is 13.9 Å². The maximum atomic E-state index is 13.4. The lowest BCUT2D eigenvalue weighted by Crippen LogP contribution is -2.48. The number of sulfonamides is 1. The van der Waals surface area contributed by atoms with Crippen molar-refractivity contribution >= 4 is 50.7 Å². The molecule has 0 aliphatic rings. The largest absolute Gasteiger partial charge is 0.354 e. The van der Waals surface area contributed by atoms with E-state index in [-0.39, 0.29) is 48.5 Å². The third kappa shape index (κ3) is 8.68. The molecule has 0 saturated carbocycles. The van der Waals surface area contributed by atoms with Crippen LogP contribution < -0.4 is 9.62 Å². The van der Waals surface area contributed by atoms with Gasteiger partial charge >= 0.3 is 0 Å². The third-order valence-electron chi connectivity index (χ3n) is 5.93. The molecule has 0 aliphatic heterocycles. The molecule has 0 bridgehead atoms. The quantitative estimate of drug-likeness (QED) is 0.345. The number of hydrogen-bond acceptors (Lipinski definition) is 4. The first-order chi connectivity index (χ1) is 17.0. The van der Waals surface area contributed by atoms with Gasteiger partial charge in [0.25, 0.3) is 0 Å². The van der Waals surface area contributed by atoms with Crippen LogP contribution in [0.5, 0.6) is 0 Å². The molecule has 0 heterocycles. The number of carbonyl (C=O) groups is 2. The smallest absolute Gasteiger partial charge is 0.242 e. The Morgan fingerprint density at radius 3 is 2.42 bits per heavy atom. The zero-order valence-electron chi connectivity index (χ0n) is 21.3. The number of carbonyl (C=O) groups excluding carboxylic acids is 2. The summed E-state index contributed by atoms with van der Waals surface area (Å²) < 4.78 is 26.1. The predicted octanol–water partition coefficient (Wildman–Crippen LogP) is 5.18. The lowest BCUT2D eigenvalue weighted by molar-refractivity contribution is -0.140. The third-order valence-corrected chi connectivity index (χ3v) is 7.66. The Hall–Kier alpha value is -2.29. The van der Waals surface area contributed by atoms with Crippen LogP contribution in [0.15, 0.2) is 42.5 Å². The number of benzene rings is 2. The first-order valence-electron chi connectivity index (χ1n) is 12.0. The van der Waals surface area contributed by atoms with Crippen molar-refractivity contribution in [1.29, 1.82) is 0 Å². The van der Waals surface area contributed by atoms with Gasteiger partial charge in [0, 0.05) is 31.1 Å². The van der Waals surface area contributed by atoms with E-state index < -0.39 is 16.1 Å². The number of halogens is 2. The summed E-state index contributed by atoms with van der Waals surface area (Å²) in [5.41, 5.74) is 2.23. The summed E-state index contributed by atoms with van der Waals surface area (Å²) in [6.07, 6.45) is 3.19. The highest BCUT2D eigenvalue weighted by Crippen LogP contribution is 2.31. The number of anilines is 1. The molecule has 1 atom stereocenters. The second-order valence-electron chi connectivity index (χ2n) is 8.80. The maximum Gasteiger partial charge on any atom is 0.242 e. The van der Waals surface area contributed by atoms with Crippen LogP contribution >= 0.6 is 23.2 Å². The summed E-state index contributed by atoms with van der Waals surface area (Å²) >= 11 is 12.3. The van der Waals surface area contributed by atoms with E-state index in [2.05, 4.69) is 5.32 Å². The van der Waals surface area contributed by atoms with Crippen molar-refractivity contribution in [2.24, 2.45) is 0 Å². The summed E-state index contributed by atoms with van der Waals surface area (Å²) in [6, 6.07) is 11.6. The van der Waals surface area contributed by atoms with Gasteiger partial charge < -0.3 is 10.2 Å². The molecule has 2 aromatic carbocycles. The van der Waals surface area contributed by atoms with Crippen LogP contribution in [0.2, 0.25) is 10.0 Å². The van der Waals surface area contributed by atoms with Crippen LogP contribution in [0.25, 0.3) is 0 Å². The predicted molar refractivity (Wildman–Crippen MR) is 147 cm³/mol. The zero-order valence-corrected chi connectivity index (χ0v) is 23.6. The molecule has 2 amide bonds. The van der Waals surface area contributed by atoms with E-state index in [1.54, 1.807) is 17.9 Å². The summed E-state index contributed by atoms with van der Waals surface area (Å²) in [4.78, 5) is 27.7. The molecule has 2 aromatic rings. The number of unbranched alkanes of at least 4 members (excludes halogenated alkanes) is 1. The minimum Gasteiger partial charge on any atom is -0.354 e. The Labute approximate surface area is 224 Å².